The highest BCUT2D eigenvalue weighted by molar-refractivity contribution is 4.75. The van der Waals surface area contributed by atoms with Crippen LogP contribution in [0.5, 0.6) is 0 Å². The first-order chi connectivity index (χ1) is 7.24. The maximum Gasteiger partial charge on any atom is 0.0826 e. The van der Waals surface area contributed by atoms with Crippen LogP contribution >= 0.6 is 0 Å². The van der Waals surface area contributed by atoms with Gasteiger partial charge in [0.25, 0.3) is 0 Å². The Morgan fingerprint density at radius 2 is 2.33 bits per heavy atom. The Labute approximate surface area is 93.1 Å². The highest BCUT2D eigenvalue weighted by atomic mass is 16.5. The lowest BCUT2D eigenvalue weighted by atomic mass is 10.2. The van der Waals surface area contributed by atoms with Gasteiger partial charge in [0.2, 0.25) is 0 Å². The molecule has 1 saturated heterocycles. The molecule has 4 heteroatoms. The molecule has 3 N–H and O–H groups in total. The second kappa shape index (κ2) is 7.17. The van der Waals surface area contributed by atoms with Gasteiger partial charge in [-0.3, -0.25) is 4.90 Å². The van der Waals surface area contributed by atoms with Crippen molar-refractivity contribution in [3.8, 4) is 0 Å². The number of hydrogen-bond acceptors (Lipinski definition) is 4. The summed E-state index contributed by atoms with van der Waals surface area (Å²) in [5.74, 6) is 0. The van der Waals surface area contributed by atoms with E-state index in [0.717, 1.165) is 45.8 Å². The van der Waals surface area contributed by atoms with Crippen molar-refractivity contribution in [1.82, 2.24) is 10.2 Å². The molecule has 0 saturated carbocycles. The third-order valence-electron chi connectivity index (χ3n) is 2.83. The fraction of sp³-hybridized carbons (Fsp3) is 1.00. The van der Waals surface area contributed by atoms with E-state index in [-0.39, 0.29) is 0 Å². The molecule has 0 amide bonds. The van der Waals surface area contributed by atoms with E-state index in [0.29, 0.717) is 12.1 Å². The van der Waals surface area contributed by atoms with Gasteiger partial charge in [0.15, 0.2) is 0 Å². The van der Waals surface area contributed by atoms with Crippen LogP contribution < -0.4 is 11.1 Å². The predicted molar refractivity (Wildman–Crippen MR) is 63.0 cm³/mol. The highest BCUT2D eigenvalue weighted by Gasteiger charge is 2.21. The van der Waals surface area contributed by atoms with Gasteiger partial charge in [-0.2, -0.15) is 0 Å². The summed E-state index contributed by atoms with van der Waals surface area (Å²) in [7, 11) is 0. The molecule has 0 aromatic heterocycles. The SMILES string of the molecule is CC(C)N1CCOC(CNCCCN)C1. The third kappa shape index (κ3) is 4.93. The van der Waals surface area contributed by atoms with Crippen LogP contribution in [0, 0.1) is 0 Å². The molecule has 0 bridgehead atoms. The van der Waals surface area contributed by atoms with Crippen LogP contribution in [-0.2, 0) is 4.74 Å². The molecule has 1 aliphatic rings. The normalized spacial score (nSPS) is 23.6. The molecular formula is C11H25N3O. The summed E-state index contributed by atoms with van der Waals surface area (Å²) in [5.41, 5.74) is 5.43. The van der Waals surface area contributed by atoms with E-state index < -0.39 is 0 Å². The van der Waals surface area contributed by atoms with Gasteiger partial charge >= 0.3 is 0 Å². The number of rotatable bonds is 6. The number of hydrogen-bond donors (Lipinski definition) is 2. The van der Waals surface area contributed by atoms with Crippen molar-refractivity contribution >= 4 is 0 Å². The summed E-state index contributed by atoms with van der Waals surface area (Å²) in [6.07, 6.45) is 1.39. The molecule has 4 nitrogen and oxygen atoms in total. The average Bonchev–Trinajstić information content (AvgIpc) is 2.25. The van der Waals surface area contributed by atoms with Crippen molar-refractivity contribution < 1.29 is 4.74 Å². The average molecular weight is 215 g/mol. The van der Waals surface area contributed by atoms with Gasteiger partial charge in [-0.25, -0.2) is 0 Å². The van der Waals surface area contributed by atoms with Crippen LogP contribution in [0.4, 0.5) is 0 Å². The highest BCUT2D eigenvalue weighted by Crippen LogP contribution is 2.07. The van der Waals surface area contributed by atoms with Crippen LogP contribution in [0.15, 0.2) is 0 Å². The van der Waals surface area contributed by atoms with Gasteiger partial charge in [-0.1, -0.05) is 0 Å². The molecule has 1 fully saturated rings. The van der Waals surface area contributed by atoms with Gasteiger partial charge in [0, 0.05) is 25.7 Å². The van der Waals surface area contributed by atoms with Crippen molar-refractivity contribution in [2.24, 2.45) is 5.73 Å². The predicted octanol–water partition coefficient (Wildman–Crippen LogP) is 0.0340. The second-order valence-electron chi connectivity index (χ2n) is 4.43. The molecule has 0 aliphatic carbocycles. The van der Waals surface area contributed by atoms with Gasteiger partial charge in [0.05, 0.1) is 12.7 Å². The van der Waals surface area contributed by atoms with Crippen molar-refractivity contribution in [3.05, 3.63) is 0 Å². The Kier molecular flexibility index (Phi) is 6.17. The third-order valence-corrected chi connectivity index (χ3v) is 2.83. The first-order valence-electron chi connectivity index (χ1n) is 6.00. The zero-order valence-corrected chi connectivity index (χ0v) is 10.0. The van der Waals surface area contributed by atoms with Crippen molar-refractivity contribution in [1.29, 1.82) is 0 Å². The zero-order valence-electron chi connectivity index (χ0n) is 10.0. The molecule has 1 unspecified atom stereocenters. The standard InChI is InChI=1S/C11H25N3O/c1-10(2)14-6-7-15-11(9-14)8-13-5-3-4-12/h10-11,13H,3-9,12H2,1-2H3. The molecule has 1 rings (SSSR count). The number of nitrogens with zero attached hydrogens (tertiary/aromatic N) is 1. The van der Waals surface area contributed by atoms with Gasteiger partial charge < -0.3 is 15.8 Å². The van der Waals surface area contributed by atoms with Crippen LogP contribution in [-0.4, -0.2) is 56.4 Å². The molecule has 0 aromatic rings. The molecule has 90 valence electrons. The molecular weight excluding hydrogens is 190 g/mol. The number of nitrogens with two attached hydrogens (primary N) is 1. The van der Waals surface area contributed by atoms with Crippen LogP contribution in [0.2, 0.25) is 0 Å². The van der Waals surface area contributed by atoms with Gasteiger partial charge in [-0.05, 0) is 33.4 Å². The number of nitrogens with one attached hydrogen (secondary N) is 1. The van der Waals surface area contributed by atoms with E-state index in [1.165, 1.54) is 0 Å². The van der Waals surface area contributed by atoms with E-state index >= 15 is 0 Å². The minimum Gasteiger partial charge on any atom is -0.374 e. The smallest absolute Gasteiger partial charge is 0.0826 e. The Hall–Kier alpha value is -0.160. The molecule has 0 radical (unpaired) electrons. The lowest BCUT2D eigenvalue weighted by molar-refractivity contribution is -0.0370. The summed E-state index contributed by atoms with van der Waals surface area (Å²) >= 11 is 0. The molecule has 1 aliphatic heterocycles. The Bertz CT molecular complexity index is 164. The van der Waals surface area contributed by atoms with Crippen molar-refractivity contribution in [2.45, 2.75) is 32.4 Å². The summed E-state index contributed by atoms with van der Waals surface area (Å²) in [6.45, 7) is 10.2. The minimum atomic E-state index is 0.346. The van der Waals surface area contributed by atoms with Crippen molar-refractivity contribution in [3.63, 3.8) is 0 Å². The Morgan fingerprint density at radius 3 is 3.00 bits per heavy atom. The second-order valence-corrected chi connectivity index (χ2v) is 4.43. The maximum atomic E-state index is 5.70. The van der Waals surface area contributed by atoms with E-state index in [4.69, 9.17) is 10.5 Å². The minimum absolute atomic E-state index is 0.346. The van der Waals surface area contributed by atoms with Crippen LogP contribution in [0.3, 0.4) is 0 Å². The van der Waals surface area contributed by atoms with E-state index in [9.17, 15) is 0 Å². The molecule has 15 heavy (non-hydrogen) atoms. The van der Waals surface area contributed by atoms with E-state index in [1.54, 1.807) is 0 Å². The van der Waals surface area contributed by atoms with Gasteiger partial charge in [-0.15, -0.1) is 0 Å². The molecule has 1 atom stereocenters. The largest absolute Gasteiger partial charge is 0.374 e. The van der Waals surface area contributed by atoms with Gasteiger partial charge in [0.1, 0.15) is 0 Å². The lowest BCUT2D eigenvalue weighted by Gasteiger charge is -2.35. The lowest BCUT2D eigenvalue weighted by Crippen LogP contribution is -2.49. The quantitative estimate of drug-likeness (QED) is 0.614. The summed E-state index contributed by atoms with van der Waals surface area (Å²) in [6, 6.07) is 0.625. The maximum absolute atomic E-state index is 5.70. The first kappa shape index (κ1) is 12.9. The fourth-order valence-corrected chi connectivity index (χ4v) is 1.82. The fourth-order valence-electron chi connectivity index (χ4n) is 1.82. The Balaban J connectivity index is 2.13. The summed E-state index contributed by atoms with van der Waals surface area (Å²) < 4.78 is 5.70. The van der Waals surface area contributed by atoms with E-state index in [1.807, 2.05) is 0 Å². The molecule has 0 aromatic carbocycles. The topological polar surface area (TPSA) is 50.5 Å². The monoisotopic (exact) mass is 215 g/mol. The molecule has 0 spiro atoms. The molecule has 1 heterocycles. The van der Waals surface area contributed by atoms with Crippen LogP contribution in [0.1, 0.15) is 20.3 Å². The first-order valence-corrected chi connectivity index (χ1v) is 6.00. The van der Waals surface area contributed by atoms with Crippen LogP contribution in [0.25, 0.3) is 0 Å². The number of morpholine rings is 1. The number of ether oxygens (including phenoxy) is 1. The van der Waals surface area contributed by atoms with E-state index in [2.05, 4.69) is 24.1 Å². The van der Waals surface area contributed by atoms with Crippen molar-refractivity contribution in [2.75, 3.05) is 39.3 Å². The summed E-state index contributed by atoms with van der Waals surface area (Å²) in [4.78, 5) is 2.47. The Morgan fingerprint density at radius 1 is 1.53 bits per heavy atom. The summed E-state index contributed by atoms with van der Waals surface area (Å²) in [5, 5.41) is 3.38. The zero-order chi connectivity index (χ0) is 11.1.